The van der Waals surface area contributed by atoms with Crippen LogP contribution in [-0.2, 0) is 43.2 Å². The van der Waals surface area contributed by atoms with Gasteiger partial charge in [0.25, 0.3) is 23.6 Å². The summed E-state index contributed by atoms with van der Waals surface area (Å²) in [6.45, 7) is 22.0. The predicted molar refractivity (Wildman–Crippen MR) is 574 cm³/mol. The first-order valence-electron chi connectivity index (χ1n) is 46.4. The third-order valence-corrected chi connectivity index (χ3v) is 28.9. The van der Waals surface area contributed by atoms with E-state index in [0.717, 1.165) is 73.9 Å². The van der Waals surface area contributed by atoms with Gasteiger partial charge in [0.05, 0.1) is 0 Å². The van der Waals surface area contributed by atoms with Crippen molar-refractivity contribution in [3.05, 3.63) is 307 Å². The van der Waals surface area contributed by atoms with Crippen LogP contribution in [0.15, 0.2) is 276 Å². The molecule has 9 atom stereocenters. The number of hydrogen-bond acceptors (Lipinski definition) is 20. The standard InChI is InChI=1S/C31H36ClN3O4S.C26H26ClN3O3S.2C25H26ClN3O3S.2ClH/c1-21-18-24(39-23-10-7-6-8-11-23)13-14-25(21)35(27(36)19-32)28(26-12-9-17-40-26)29(37)33-15-16-34(22(2)20-33)30(38)31(3,4)5;1-17-12-21(33-20-6-3-2-4-7-20)9-10-22(17)30(24(31)14-27)25(23-8-5-11-34-23)26(32)29-16-18-13-19(29)15-28-18;2*1-18-17-28(14-13-27-18)25(31)24(22-8-5-15-33-22)29(23(30)16-26)19-9-11-21(12-10-19)32-20-6-3-2-4-7-20;;/h6-14,17-18,22,28H,15-16,19-20H2,1-5H3;2-12,18-19,25,28H,13-16H2,1H3;2*2-12,15,18,24,27H,13-14,16-17H2,1H3;2*1H/t;;2*18-,24?;;/m..10../s1. The highest BCUT2D eigenvalue weighted by Gasteiger charge is 2.47. The molecule has 9 heterocycles. The molecule has 8 aromatic carbocycles. The number of anilines is 4. The number of amides is 9. The van der Waals surface area contributed by atoms with Gasteiger partial charge in [-0.25, -0.2) is 0 Å². The number of benzene rings is 8. The minimum absolute atomic E-state index is 0. The Morgan fingerprint density at radius 2 is 0.683 bits per heavy atom. The maximum absolute atomic E-state index is 14.2. The molecule has 0 radical (unpaired) electrons. The molecule has 25 nitrogen and oxygen atoms in total. The summed E-state index contributed by atoms with van der Waals surface area (Å²) >= 11 is 30.0. The van der Waals surface area contributed by atoms with E-state index in [4.69, 9.17) is 65.4 Å². The summed E-state index contributed by atoms with van der Waals surface area (Å²) in [4.78, 5) is 140. The van der Waals surface area contributed by atoms with Crippen molar-refractivity contribution >= 4 is 192 Å². The molecule has 35 heteroatoms. The van der Waals surface area contributed by atoms with Crippen LogP contribution < -0.4 is 54.5 Å². The molecule has 0 spiro atoms. The van der Waals surface area contributed by atoms with Crippen LogP contribution in [0.4, 0.5) is 22.7 Å². The fraction of sp³-hybridized carbons (Fsp3) is 0.318. The van der Waals surface area contributed by atoms with Crippen molar-refractivity contribution in [2.75, 3.05) is 115 Å². The second-order valence-corrected chi connectivity index (χ2v) is 40.4. The fourth-order valence-electron chi connectivity index (χ4n) is 17.6. The number of ether oxygens (including phenoxy) is 4. The summed E-state index contributed by atoms with van der Waals surface area (Å²) in [6.07, 6.45) is 0.955. The molecule has 0 saturated carbocycles. The van der Waals surface area contributed by atoms with E-state index in [-0.39, 0.29) is 126 Å². The molecule has 748 valence electrons. The zero-order valence-electron chi connectivity index (χ0n) is 79.9. The number of hydrogen-bond donors (Lipinski definition) is 3. The number of rotatable bonds is 28. The molecule has 142 heavy (non-hydrogen) atoms. The Morgan fingerprint density at radius 1 is 0.366 bits per heavy atom. The summed E-state index contributed by atoms with van der Waals surface area (Å²) in [5.41, 5.74) is 3.53. The summed E-state index contributed by atoms with van der Waals surface area (Å²) in [6, 6.07) is 75.9. The van der Waals surface area contributed by atoms with Gasteiger partial charge in [0.1, 0.15) is 93.7 Å². The van der Waals surface area contributed by atoms with Crippen molar-refractivity contribution in [2.24, 2.45) is 5.41 Å². The molecule has 2 bridgehead atoms. The van der Waals surface area contributed by atoms with Crippen molar-refractivity contribution < 1.29 is 62.1 Å². The number of carbonyl (C=O) groups is 9. The zero-order valence-corrected chi connectivity index (χ0v) is 87.8. The van der Waals surface area contributed by atoms with E-state index in [9.17, 15) is 43.2 Å². The average molecular weight is 2120 g/mol. The maximum atomic E-state index is 14.2. The van der Waals surface area contributed by atoms with Gasteiger partial charge in [-0.15, -0.1) is 117 Å². The molecular weight excluding hydrogens is 2000 g/mol. The van der Waals surface area contributed by atoms with Gasteiger partial charge in [0.2, 0.25) is 29.5 Å². The second kappa shape index (κ2) is 52.2. The Kier molecular flexibility index (Phi) is 40.2. The van der Waals surface area contributed by atoms with Gasteiger partial charge in [-0.05, 0) is 231 Å². The number of halogens is 6. The molecular formula is C107H116Cl6N12O13S4. The molecule has 17 rings (SSSR count). The molecule has 5 aliphatic rings. The van der Waals surface area contributed by atoms with Crippen molar-refractivity contribution in [1.29, 1.82) is 0 Å². The van der Waals surface area contributed by atoms with Crippen LogP contribution in [0.3, 0.4) is 0 Å². The Labute approximate surface area is 877 Å². The van der Waals surface area contributed by atoms with Crippen molar-refractivity contribution in [3.63, 3.8) is 0 Å². The summed E-state index contributed by atoms with van der Waals surface area (Å²) in [7, 11) is 0. The first-order valence-corrected chi connectivity index (χ1v) is 52.0. The smallest absolute Gasteiger partial charge is 0.251 e. The van der Waals surface area contributed by atoms with E-state index >= 15 is 0 Å². The van der Waals surface area contributed by atoms with Gasteiger partial charge >= 0.3 is 0 Å². The molecule has 9 amide bonds. The number of para-hydroxylation sites is 4. The monoisotopic (exact) mass is 2110 g/mol. The Morgan fingerprint density at radius 3 is 0.979 bits per heavy atom. The lowest BCUT2D eigenvalue weighted by atomic mass is 9.93. The lowest BCUT2D eigenvalue weighted by Crippen LogP contribution is -2.59. The van der Waals surface area contributed by atoms with Crippen LogP contribution in [-0.4, -0.2) is 203 Å². The highest BCUT2D eigenvalue weighted by Crippen LogP contribution is 2.43. The summed E-state index contributed by atoms with van der Waals surface area (Å²) in [5, 5.41) is 17.8. The van der Waals surface area contributed by atoms with Gasteiger partial charge in [0.15, 0.2) is 0 Å². The molecule has 5 fully saturated rings. The minimum Gasteiger partial charge on any atom is -0.457 e. The Hall–Kier alpha value is -11.4. The van der Waals surface area contributed by atoms with Gasteiger partial charge in [-0.1, -0.05) is 118 Å². The maximum Gasteiger partial charge on any atom is 0.251 e. The number of thiophene rings is 4. The molecule has 5 aliphatic heterocycles. The van der Waals surface area contributed by atoms with Gasteiger partial charge in [0, 0.05) is 150 Å². The second-order valence-electron chi connectivity index (χ2n) is 35.5. The van der Waals surface area contributed by atoms with E-state index in [0.29, 0.717) is 110 Å². The molecule has 0 aliphatic carbocycles. The lowest BCUT2D eigenvalue weighted by molar-refractivity contribution is -0.148. The van der Waals surface area contributed by atoms with Gasteiger partial charge < -0.3 is 59.4 Å². The van der Waals surface area contributed by atoms with Gasteiger partial charge in [-0.3, -0.25) is 62.8 Å². The first-order chi connectivity index (χ1) is 67.7. The average Bonchev–Trinajstić information content (AvgIpc) is 1.48. The zero-order chi connectivity index (χ0) is 99.1. The van der Waals surface area contributed by atoms with E-state index in [1.165, 1.54) is 60.0 Å². The van der Waals surface area contributed by atoms with Crippen LogP contribution in [0.2, 0.25) is 0 Å². The summed E-state index contributed by atoms with van der Waals surface area (Å²) < 4.78 is 23.7. The molecule has 5 saturated heterocycles. The summed E-state index contributed by atoms with van der Waals surface area (Å²) in [5.74, 6) is 2.75. The van der Waals surface area contributed by atoms with Crippen molar-refractivity contribution in [3.8, 4) is 46.0 Å². The van der Waals surface area contributed by atoms with Crippen LogP contribution in [0, 0.1) is 19.3 Å². The topological polar surface area (TPSA) is 256 Å². The SMILES string of the molecule is C[C@@H]1CN(C(=O)C(c2cccs2)N(C(=O)CCl)c2ccc(Oc3ccccc3)cc2)CCN1.C[C@H]1CN(C(=O)C(c2cccs2)N(C(=O)CCl)c2ccc(Oc3ccccc3)cc2)CCN1.Cc1cc(Oc2ccccc2)ccc1N(C(=O)CCl)C(C(=O)N1CC2CC1CN2)c1cccs1.Cc1cc(Oc2ccccc2)ccc1N(C(=O)CCl)C(C(=O)N1CCN(C(=O)C(C)(C)C)C(C)C1)c1cccs1.Cl.Cl. The number of nitrogens with one attached hydrogen (secondary N) is 3. The van der Waals surface area contributed by atoms with E-state index in [1.807, 2.05) is 291 Å². The van der Waals surface area contributed by atoms with E-state index in [1.54, 1.807) is 70.5 Å². The number of fused-ring (bicyclic) bond motifs is 2. The third kappa shape index (κ3) is 27.8. The van der Waals surface area contributed by atoms with Crippen LogP contribution in [0.1, 0.15) is 103 Å². The van der Waals surface area contributed by atoms with E-state index in [2.05, 4.69) is 16.0 Å². The number of alkyl halides is 4. The quantitative estimate of drug-likeness (QED) is 0.0385. The van der Waals surface area contributed by atoms with Crippen molar-refractivity contribution in [1.82, 2.24) is 40.4 Å². The Balaban J connectivity index is 0.000000169. The van der Waals surface area contributed by atoms with Gasteiger partial charge in [-0.2, -0.15) is 0 Å². The molecule has 12 aromatic rings. The molecule has 7 unspecified atom stereocenters. The van der Waals surface area contributed by atoms with Crippen LogP contribution in [0.5, 0.6) is 46.0 Å². The number of carbonyl (C=O) groups excluding carboxylic acids is 9. The number of piperazine rings is 4. The number of likely N-dealkylation sites (tertiary alicyclic amines) is 1. The number of nitrogens with zero attached hydrogens (tertiary/aromatic N) is 9. The minimum atomic E-state index is -0.886. The highest BCUT2D eigenvalue weighted by molar-refractivity contribution is 7.11. The Bertz CT molecular complexity index is 5940. The normalized spacial score (nSPS) is 17.2. The number of aryl methyl sites for hydroxylation is 2. The van der Waals surface area contributed by atoms with Crippen LogP contribution in [0.25, 0.3) is 0 Å². The molecule has 4 aromatic heterocycles. The lowest BCUT2D eigenvalue weighted by Gasteiger charge is -2.44. The van der Waals surface area contributed by atoms with E-state index < -0.39 is 29.6 Å². The largest absolute Gasteiger partial charge is 0.457 e. The van der Waals surface area contributed by atoms with Crippen molar-refractivity contribution in [2.45, 2.75) is 116 Å². The third-order valence-electron chi connectivity index (χ3n) is 24.3. The fourth-order valence-corrected chi connectivity index (χ4v) is 21.4. The first kappa shape index (κ1) is 109. The molecule has 3 N–H and O–H groups in total. The highest BCUT2D eigenvalue weighted by atomic mass is 35.5. The van der Waals surface area contributed by atoms with Crippen LogP contribution >= 0.6 is 117 Å². The predicted octanol–water partition coefficient (Wildman–Crippen LogP) is 21.2.